The van der Waals surface area contributed by atoms with Crippen molar-refractivity contribution >= 4 is 0 Å². The van der Waals surface area contributed by atoms with Crippen molar-refractivity contribution in [2.24, 2.45) is 0 Å². The molecule has 4 nitrogen and oxygen atoms in total. The number of benzene rings is 2. The molecule has 148 valence electrons. The third kappa shape index (κ3) is 6.04. The lowest BCUT2D eigenvalue weighted by atomic mass is 10.1. The molecule has 0 aliphatic rings. The summed E-state index contributed by atoms with van der Waals surface area (Å²) in [6, 6.07) is 20.8. The van der Waals surface area contributed by atoms with Crippen LogP contribution >= 0.6 is 0 Å². The largest absolute Gasteiger partial charge is 0.379 e. The van der Waals surface area contributed by atoms with Crippen molar-refractivity contribution in [3.8, 4) is 22.5 Å². The van der Waals surface area contributed by atoms with Gasteiger partial charge in [0.1, 0.15) is 5.82 Å². The fourth-order valence-corrected chi connectivity index (χ4v) is 3.20. The minimum Gasteiger partial charge on any atom is -0.379 e. The van der Waals surface area contributed by atoms with Crippen molar-refractivity contribution < 1.29 is 9.47 Å². The van der Waals surface area contributed by atoms with Gasteiger partial charge in [-0.1, -0.05) is 67.1 Å². The number of ether oxygens (including phenoxy) is 2. The molecule has 1 aromatic heterocycles. The van der Waals surface area contributed by atoms with Gasteiger partial charge < -0.3 is 14.5 Å². The molecular formula is C24H30N2O2. The summed E-state index contributed by atoms with van der Waals surface area (Å²) in [6.45, 7) is 4.93. The smallest absolute Gasteiger partial charge is 0.107 e. The zero-order valence-corrected chi connectivity index (χ0v) is 16.7. The van der Waals surface area contributed by atoms with Gasteiger partial charge in [-0.2, -0.15) is 0 Å². The van der Waals surface area contributed by atoms with E-state index in [1.165, 1.54) is 5.56 Å². The molecule has 0 aliphatic carbocycles. The SMILES string of the molecule is CCOCCOCCCCCc1nc(-c2ccccc2)c(-c2ccccc2)[nH]1. The van der Waals surface area contributed by atoms with Gasteiger partial charge >= 0.3 is 0 Å². The number of aromatic nitrogens is 2. The van der Waals surface area contributed by atoms with E-state index in [-0.39, 0.29) is 0 Å². The number of aromatic amines is 1. The number of hydrogen-bond acceptors (Lipinski definition) is 3. The van der Waals surface area contributed by atoms with Crippen molar-refractivity contribution in [2.45, 2.75) is 32.6 Å². The number of imidazole rings is 1. The van der Waals surface area contributed by atoms with Crippen LogP contribution in [-0.2, 0) is 15.9 Å². The van der Waals surface area contributed by atoms with Crippen molar-refractivity contribution in [2.75, 3.05) is 26.4 Å². The molecule has 0 unspecified atom stereocenters. The van der Waals surface area contributed by atoms with E-state index in [0.29, 0.717) is 13.2 Å². The number of H-pyrrole nitrogens is 1. The van der Waals surface area contributed by atoms with Gasteiger partial charge in [0.25, 0.3) is 0 Å². The van der Waals surface area contributed by atoms with E-state index < -0.39 is 0 Å². The first-order valence-electron chi connectivity index (χ1n) is 10.2. The highest BCUT2D eigenvalue weighted by atomic mass is 16.5. The van der Waals surface area contributed by atoms with Crippen LogP contribution in [0.15, 0.2) is 60.7 Å². The molecule has 0 spiro atoms. The summed E-state index contributed by atoms with van der Waals surface area (Å²) in [4.78, 5) is 8.48. The van der Waals surface area contributed by atoms with Gasteiger partial charge in [-0.05, 0) is 19.8 Å². The first-order valence-corrected chi connectivity index (χ1v) is 10.2. The third-order valence-corrected chi connectivity index (χ3v) is 4.64. The van der Waals surface area contributed by atoms with Crippen LogP contribution < -0.4 is 0 Å². The molecule has 28 heavy (non-hydrogen) atoms. The minimum atomic E-state index is 0.687. The summed E-state index contributed by atoms with van der Waals surface area (Å²) < 4.78 is 10.8. The molecule has 0 radical (unpaired) electrons. The van der Waals surface area contributed by atoms with Gasteiger partial charge in [0.05, 0.1) is 24.6 Å². The monoisotopic (exact) mass is 378 g/mol. The number of rotatable bonds is 12. The van der Waals surface area contributed by atoms with Crippen LogP contribution in [0.1, 0.15) is 32.0 Å². The summed E-state index contributed by atoms with van der Waals surface area (Å²) in [6.07, 6.45) is 4.26. The quantitative estimate of drug-likeness (QED) is 0.423. The van der Waals surface area contributed by atoms with Crippen molar-refractivity contribution in [1.82, 2.24) is 9.97 Å². The maximum Gasteiger partial charge on any atom is 0.107 e. The summed E-state index contributed by atoms with van der Waals surface area (Å²) >= 11 is 0. The van der Waals surface area contributed by atoms with Crippen molar-refractivity contribution in [3.63, 3.8) is 0 Å². The summed E-state index contributed by atoms with van der Waals surface area (Å²) in [5.74, 6) is 1.05. The highest BCUT2D eigenvalue weighted by Gasteiger charge is 2.13. The van der Waals surface area contributed by atoms with Gasteiger partial charge in [-0.15, -0.1) is 0 Å². The normalized spacial score (nSPS) is 11.0. The average Bonchev–Trinajstić information content (AvgIpc) is 3.18. The number of unbranched alkanes of at least 4 members (excludes halogenated alkanes) is 2. The maximum absolute atomic E-state index is 5.58. The second-order valence-electron chi connectivity index (χ2n) is 6.76. The van der Waals surface area contributed by atoms with Gasteiger partial charge in [0.2, 0.25) is 0 Å². The number of nitrogens with one attached hydrogen (secondary N) is 1. The van der Waals surface area contributed by atoms with E-state index in [4.69, 9.17) is 14.5 Å². The summed E-state index contributed by atoms with van der Waals surface area (Å²) in [7, 11) is 0. The molecule has 0 bridgehead atoms. The Hall–Kier alpha value is -2.43. The number of aryl methyl sites for hydroxylation is 1. The molecule has 0 atom stereocenters. The average molecular weight is 379 g/mol. The van der Waals surface area contributed by atoms with Crippen LogP contribution in [-0.4, -0.2) is 36.4 Å². The Bertz CT molecular complexity index is 743. The zero-order valence-electron chi connectivity index (χ0n) is 16.7. The minimum absolute atomic E-state index is 0.687. The Morgan fingerprint density at radius 3 is 2.14 bits per heavy atom. The van der Waals surface area contributed by atoms with E-state index in [9.17, 15) is 0 Å². The first kappa shape index (κ1) is 20.3. The van der Waals surface area contributed by atoms with Gasteiger partial charge in [0.15, 0.2) is 0 Å². The predicted molar refractivity (Wildman–Crippen MR) is 114 cm³/mol. The van der Waals surface area contributed by atoms with Gasteiger partial charge in [0, 0.05) is 30.8 Å². The Kier molecular flexibility index (Phi) is 8.28. The molecular weight excluding hydrogens is 348 g/mol. The molecule has 1 heterocycles. The molecule has 4 heteroatoms. The molecule has 0 saturated heterocycles. The van der Waals surface area contributed by atoms with Crippen molar-refractivity contribution in [3.05, 3.63) is 66.5 Å². The van der Waals surface area contributed by atoms with Crippen LogP contribution in [0.3, 0.4) is 0 Å². The zero-order chi connectivity index (χ0) is 19.4. The van der Waals surface area contributed by atoms with Gasteiger partial charge in [-0.3, -0.25) is 0 Å². The van der Waals surface area contributed by atoms with Crippen LogP contribution in [0.4, 0.5) is 0 Å². The van der Waals surface area contributed by atoms with Crippen LogP contribution in [0.25, 0.3) is 22.5 Å². The highest BCUT2D eigenvalue weighted by Crippen LogP contribution is 2.30. The first-order chi connectivity index (χ1) is 13.9. The fraction of sp³-hybridized carbons (Fsp3) is 0.375. The Morgan fingerprint density at radius 1 is 0.750 bits per heavy atom. The van der Waals surface area contributed by atoms with Crippen molar-refractivity contribution in [1.29, 1.82) is 0 Å². The lowest BCUT2D eigenvalue weighted by molar-refractivity contribution is 0.0513. The third-order valence-electron chi connectivity index (χ3n) is 4.64. The number of hydrogen-bond donors (Lipinski definition) is 1. The van der Waals surface area contributed by atoms with Gasteiger partial charge in [-0.25, -0.2) is 4.98 Å². The summed E-state index contributed by atoms with van der Waals surface area (Å²) in [5, 5.41) is 0. The Morgan fingerprint density at radius 2 is 1.43 bits per heavy atom. The van der Waals surface area contributed by atoms with Crippen LogP contribution in [0.2, 0.25) is 0 Å². The second kappa shape index (κ2) is 11.4. The van der Waals surface area contributed by atoms with E-state index in [0.717, 1.165) is 61.7 Å². The predicted octanol–water partition coefficient (Wildman–Crippen LogP) is 5.51. The molecule has 0 amide bonds. The maximum atomic E-state index is 5.58. The standard InChI is InChI=1S/C24H30N2O2/c1-2-27-18-19-28-17-11-5-10-16-22-25-23(20-12-6-3-7-13-20)24(26-22)21-14-8-4-9-15-21/h3-4,6-9,12-15H,2,5,10-11,16-19H2,1H3,(H,25,26). The topological polar surface area (TPSA) is 47.1 Å². The van der Waals surface area contributed by atoms with E-state index in [2.05, 4.69) is 53.5 Å². The fourth-order valence-electron chi connectivity index (χ4n) is 3.20. The molecule has 3 rings (SSSR count). The molecule has 0 aliphatic heterocycles. The molecule has 3 aromatic rings. The van der Waals surface area contributed by atoms with Crippen LogP contribution in [0.5, 0.6) is 0 Å². The molecule has 0 fully saturated rings. The van der Waals surface area contributed by atoms with E-state index in [1.807, 2.05) is 19.1 Å². The number of nitrogens with zero attached hydrogens (tertiary/aromatic N) is 1. The summed E-state index contributed by atoms with van der Waals surface area (Å²) in [5.41, 5.74) is 4.44. The van der Waals surface area contributed by atoms with E-state index in [1.54, 1.807) is 0 Å². The molecule has 2 aromatic carbocycles. The lowest BCUT2D eigenvalue weighted by Gasteiger charge is -2.04. The molecule has 0 saturated carbocycles. The van der Waals surface area contributed by atoms with E-state index >= 15 is 0 Å². The molecule has 1 N–H and O–H groups in total. The highest BCUT2D eigenvalue weighted by molar-refractivity contribution is 5.78. The second-order valence-corrected chi connectivity index (χ2v) is 6.76. The van der Waals surface area contributed by atoms with Crippen LogP contribution in [0, 0.1) is 0 Å². The Balaban J connectivity index is 1.56. The Labute approximate surface area is 167 Å². The lowest BCUT2D eigenvalue weighted by Crippen LogP contribution is -2.05.